The number of amides is 2. The molecule has 0 fully saturated rings. The Kier molecular flexibility index (Phi) is 10.9. The summed E-state index contributed by atoms with van der Waals surface area (Å²) in [5.74, 6) is -0.478. The molecule has 3 aromatic carbocycles. The normalized spacial score (nSPS) is 11.7. The van der Waals surface area contributed by atoms with Gasteiger partial charge in [-0.25, -0.2) is 27.1 Å². The highest BCUT2D eigenvalue weighted by molar-refractivity contribution is 7.90. The zero-order valence-electron chi connectivity index (χ0n) is 26.8. The molecule has 0 aliphatic rings. The van der Waals surface area contributed by atoms with Crippen LogP contribution in [-0.2, 0) is 32.5 Å². The summed E-state index contributed by atoms with van der Waals surface area (Å²) in [6.45, 7) is 8.43. The van der Waals surface area contributed by atoms with E-state index in [1.165, 1.54) is 41.0 Å². The molecule has 14 heteroatoms. The van der Waals surface area contributed by atoms with Gasteiger partial charge in [-0.05, 0) is 63.1 Å². The Balaban J connectivity index is 1.64. The second-order valence-corrected chi connectivity index (χ2v) is 13.8. The van der Waals surface area contributed by atoms with E-state index in [9.17, 15) is 22.8 Å². The van der Waals surface area contributed by atoms with Crippen molar-refractivity contribution < 1.29 is 27.1 Å². The van der Waals surface area contributed by atoms with Crippen molar-refractivity contribution in [2.24, 2.45) is 0 Å². The van der Waals surface area contributed by atoms with Crippen LogP contribution >= 0.6 is 11.6 Å². The van der Waals surface area contributed by atoms with E-state index in [1.54, 1.807) is 52.0 Å². The van der Waals surface area contributed by atoms with Gasteiger partial charge in [-0.3, -0.25) is 9.36 Å². The second kappa shape index (κ2) is 14.5. The molecule has 0 radical (unpaired) electrons. The Hall–Kier alpha value is -4.49. The zero-order valence-corrected chi connectivity index (χ0v) is 28.3. The van der Waals surface area contributed by atoms with Crippen molar-refractivity contribution in [3.8, 4) is 16.8 Å². The monoisotopic (exact) mass is 685 g/mol. The van der Waals surface area contributed by atoms with Gasteiger partial charge in [0.1, 0.15) is 17.2 Å². The van der Waals surface area contributed by atoms with Crippen LogP contribution in [0.15, 0.2) is 70.4 Å². The quantitative estimate of drug-likeness (QED) is 0.185. The fraction of sp³-hybridized carbons (Fsp3) is 0.333. The molecule has 11 nitrogen and oxygen atoms in total. The topological polar surface area (TPSA) is 141 Å². The van der Waals surface area contributed by atoms with Gasteiger partial charge in [-0.2, -0.15) is 4.68 Å². The van der Waals surface area contributed by atoms with Crippen LogP contribution in [0, 0.1) is 5.82 Å². The number of hydrogen-bond acceptors (Lipinski definition) is 7. The molecule has 0 bridgehead atoms. The maximum atomic E-state index is 15.6. The van der Waals surface area contributed by atoms with Gasteiger partial charge in [-0.15, -0.1) is 5.10 Å². The largest absolute Gasteiger partial charge is 0.443 e. The molecule has 2 N–H and O–H groups in total. The molecule has 2 amide bonds. The molecule has 0 aliphatic heterocycles. The van der Waals surface area contributed by atoms with Crippen molar-refractivity contribution in [3.05, 3.63) is 93.4 Å². The molecule has 0 saturated heterocycles. The third-order valence-corrected chi connectivity index (χ3v) is 8.65. The molecule has 0 aliphatic carbocycles. The van der Waals surface area contributed by atoms with Crippen molar-refractivity contribution in [2.45, 2.75) is 77.3 Å². The third-order valence-electron chi connectivity index (χ3n) is 6.96. The number of nitrogens with one attached hydrogen (secondary N) is 2. The summed E-state index contributed by atoms with van der Waals surface area (Å²) in [6, 6.07) is 14.8. The summed E-state index contributed by atoms with van der Waals surface area (Å²) in [5, 5.41) is 7.48. The van der Waals surface area contributed by atoms with Gasteiger partial charge in [0, 0.05) is 29.7 Å². The highest BCUT2D eigenvalue weighted by Crippen LogP contribution is 2.29. The smallest absolute Gasteiger partial charge is 0.421 e. The maximum Gasteiger partial charge on any atom is 0.421 e. The van der Waals surface area contributed by atoms with Gasteiger partial charge in [0.15, 0.2) is 0 Å². The van der Waals surface area contributed by atoms with E-state index >= 15 is 4.39 Å². The SMILES string of the molecule is CCCCC(=O)Nc1ccc(Cl)c(-n2nc(CC)n(Cc3ccc(-c4ccccc4S(=O)(=O)NC(=O)OC(C)(C)C)cc3F)c2=O)c1. The summed E-state index contributed by atoms with van der Waals surface area (Å²) >= 11 is 6.43. The van der Waals surface area contributed by atoms with Crippen LogP contribution in [0.4, 0.5) is 14.9 Å². The first-order chi connectivity index (χ1) is 22.1. The van der Waals surface area contributed by atoms with Crippen LogP contribution in [0.2, 0.25) is 5.02 Å². The van der Waals surface area contributed by atoms with Gasteiger partial charge >= 0.3 is 11.8 Å². The Morgan fingerprint density at radius 2 is 1.77 bits per heavy atom. The molecule has 47 heavy (non-hydrogen) atoms. The lowest BCUT2D eigenvalue weighted by molar-refractivity contribution is -0.116. The predicted molar refractivity (Wildman–Crippen MR) is 178 cm³/mol. The molecular formula is C33H37ClFN5O6S. The predicted octanol–water partition coefficient (Wildman–Crippen LogP) is 6.45. The standard InChI is InChI=1S/C33H37ClFN5O6S/c1-6-8-13-30(41)36-23-16-17-25(34)27(19-23)40-32(43)39(29(7-2)37-40)20-22-15-14-21(18-26(22)35)24-11-9-10-12-28(24)47(44,45)38-31(42)46-33(3,4)5/h9-12,14-19H,6-8,13,20H2,1-5H3,(H,36,41)(H,38,42). The Morgan fingerprint density at radius 3 is 2.43 bits per heavy atom. The Morgan fingerprint density at radius 1 is 1.04 bits per heavy atom. The molecule has 0 spiro atoms. The summed E-state index contributed by atoms with van der Waals surface area (Å²) in [6.07, 6.45) is 1.18. The number of ether oxygens (including phenoxy) is 1. The van der Waals surface area contributed by atoms with Crippen LogP contribution < -0.4 is 15.7 Å². The van der Waals surface area contributed by atoms with Crippen molar-refractivity contribution >= 4 is 39.3 Å². The molecule has 1 heterocycles. The number of hydrogen-bond donors (Lipinski definition) is 2. The first kappa shape index (κ1) is 35.4. The Labute approximate surface area is 277 Å². The van der Waals surface area contributed by atoms with E-state index in [-0.39, 0.29) is 44.7 Å². The van der Waals surface area contributed by atoms with Gasteiger partial charge in [-0.1, -0.05) is 62.2 Å². The average Bonchev–Trinajstić information content (AvgIpc) is 3.31. The molecule has 4 rings (SSSR count). The van der Waals surface area contributed by atoms with Gasteiger partial charge in [0.05, 0.1) is 22.2 Å². The molecule has 0 unspecified atom stereocenters. The summed E-state index contributed by atoms with van der Waals surface area (Å²) in [4.78, 5) is 37.8. The molecule has 1 aromatic heterocycles. The van der Waals surface area contributed by atoms with E-state index in [0.717, 1.165) is 17.5 Å². The summed E-state index contributed by atoms with van der Waals surface area (Å²) < 4.78 is 51.2. The maximum absolute atomic E-state index is 15.6. The van der Waals surface area contributed by atoms with Crippen LogP contribution in [0.25, 0.3) is 16.8 Å². The average molecular weight is 686 g/mol. The Bertz CT molecular complexity index is 1970. The molecule has 250 valence electrons. The second-order valence-electron chi connectivity index (χ2n) is 11.8. The fourth-order valence-corrected chi connectivity index (χ4v) is 6.05. The number of halogens is 2. The molecular weight excluding hydrogens is 649 g/mol. The number of sulfonamides is 1. The number of rotatable bonds is 11. The van der Waals surface area contributed by atoms with Crippen molar-refractivity contribution in [2.75, 3.05) is 5.32 Å². The number of nitrogens with zero attached hydrogens (tertiary/aromatic N) is 3. The number of unbranched alkanes of at least 4 members (excludes halogenated alkanes) is 1. The minimum Gasteiger partial charge on any atom is -0.443 e. The molecule has 0 saturated carbocycles. The van der Waals surface area contributed by atoms with Gasteiger partial charge < -0.3 is 10.1 Å². The highest BCUT2D eigenvalue weighted by Gasteiger charge is 2.26. The highest BCUT2D eigenvalue weighted by atomic mass is 35.5. The van der Waals surface area contributed by atoms with E-state index in [0.29, 0.717) is 24.4 Å². The minimum absolute atomic E-state index is 0.153. The van der Waals surface area contributed by atoms with Crippen LogP contribution in [0.1, 0.15) is 65.3 Å². The number of anilines is 1. The van der Waals surface area contributed by atoms with Gasteiger partial charge in [0.2, 0.25) is 5.91 Å². The third kappa shape index (κ3) is 8.66. The molecule has 4 aromatic rings. The number of benzene rings is 3. The summed E-state index contributed by atoms with van der Waals surface area (Å²) in [7, 11) is -4.38. The van der Waals surface area contributed by atoms with E-state index < -0.39 is 33.2 Å². The number of aromatic nitrogens is 3. The van der Waals surface area contributed by atoms with E-state index in [4.69, 9.17) is 16.3 Å². The van der Waals surface area contributed by atoms with Crippen LogP contribution in [0.5, 0.6) is 0 Å². The first-order valence-electron chi connectivity index (χ1n) is 15.1. The lowest BCUT2D eigenvalue weighted by atomic mass is 10.0. The number of aryl methyl sites for hydroxylation is 1. The molecule has 0 atom stereocenters. The fourth-order valence-electron chi connectivity index (χ4n) is 4.74. The van der Waals surface area contributed by atoms with Gasteiger partial charge in [0.25, 0.3) is 10.0 Å². The van der Waals surface area contributed by atoms with E-state index in [1.807, 2.05) is 11.6 Å². The van der Waals surface area contributed by atoms with Crippen molar-refractivity contribution in [1.82, 2.24) is 19.1 Å². The summed E-state index contributed by atoms with van der Waals surface area (Å²) in [5.41, 5.74) is -0.228. The first-order valence-corrected chi connectivity index (χ1v) is 16.9. The lowest BCUT2D eigenvalue weighted by Gasteiger charge is -2.20. The number of carbonyl (C=O) groups is 2. The minimum atomic E-state index is -4.38. The van der Waals surface area contributed by atoms with Crippen molar-refractivity contribution in [1.29, 1.82) is 0 Å². The van der Waals surface area contributed by atoms with Crippen molar-refractivity contribution in [3.63, 3.8) is 0 Å². The number of carbonyl (C=O) groups excluding carboxylic acids is 2. The van der Waals surface area contributed by atoms with E-state index in [2.05, 4.69) is 10.4 Å². The zero-order chi connectivity index (χ0) is 34.5. The van der Waals surface area contributed by atoms with Crippen LogP contribution in [-0.4, -0.2) is 40.4 Å². The van der Waals surface area contributed by atoms with Crippen LogP contribution in [0.3, 0.4) is 0 Å². The lowest BCUT2D eigenvalue weighted by Crippen LogP contribution is -2.36.